The van der Waals surface area contributed by atoms with Gasteiger partial charge in [0.2, 0.25) is 0 Å². The molecule has 0 aliphatic rings. The lowest BCUT2D eigenvalue weighted by Gasteiger charge is -2.21. The van der Waals surface area contributed by atoms with Gasteiger partial charge in [0.15, 0.2) is 0 Å². The molecule has 0 aliphatic carbocycles. The third-order valence-electron chi connectivity index (χ3n) is 1.76. The first-order valence-corrected chi connectivity index (χ1v) is 5.42. The molecule has 0 saturated carbocycles. The summed E-state index contributed by atoms with van der Waals surface area (Å²) in [5.74, 6) is 0. The van der Waals surface area contributed by atoms with Gasteiger partial charge in [-0.25, -0.2) is 4.39 Å². The highest BCUT2D eigenvalue weighted by molar-refractivity contribution is 4.71. The average molecular weight is 205 g/mol. The largest absolute Gasteiger partial charge is 0.378 e. The second-order valence-electron chi connectivity index (χ2n) is 4.64. The molecule has 0 heterocycles. The average Bonchev–Trinajstić information content (AvgIpc) is 2.02. The predicted octanol–water partition coefficient (Wildman–Crippen LogP) is 2.53. The Balaban J connectivity index is 3.31. The third kappa shape index (κ3) is 9.93. The first-order chi connectivity index (χ1) is 6.45. The van der Waals surface area contributed by atoms with E-state index in [9.17, 15) is 4.39 Å². The Morgan fingerprint density at radius 2 is 2.00 bits per heavy atom. The maximum Gasteiger partial charge on any atom is 0.125 e. The van der Waals surface area contributed by atoms with Crippen LogP contribution in [0.5, 0.6) is 0 Å². The van der Waals surface area contributed by atoms with Crippen molar-refractivity contribution in [1.29, 1.82) is 0 Å². The van der Waals surface area contributed by atoms with Crippen molar-refractivity contribution in [2.24, 2.45) is 0 Å². The van der Waals surface area contributed by atoms with Crippen LogP contribution >= 0.6 is 0 Å². The summed E-state index contributed by atoms with van der Waals surface area (Å²) in [6, 6.07) is 0. The maximum atomic E-state index is 13.1. The van der Waals surface area contributed by atoms with Gasteiger partial charge in [-0.05, 0) is 40.2 Å². The summed E-state index contributed by atoms with van der Waals surface area (Å²) in [5, 5.41) is 3.25. The predicted molar refractivity (Wildman–Crippen MR) is 58.4 cm³/mol. The van der Waals surface area contributed by atoms with Gasteiger partial charge in [0, 0.05) is 12.1 Å². The lowest BCUT2D eigenvalue weighted by molar-refractivity contribution is 0.0769. The molecule has 0 aromatic carbocycles. The Kier molecular flexibility index (Phi) is 7.11. The zero-order valence-corrected chi connectivity index (χ0v) is 9.90. The summed E-state index contributed by atoms with van der Waals surface area (Å²) < 4.78 is 18.3. The molecule has 0 aromatic rings. The van der Waals surface area contributed by atoms with Crippen LogP contribution in [-0.4, -0.2) is 31.5 Å². The SMILES string of the molecule is CCCOCC(F)CCNC(C)(C)C. The summed E-state index contributed by atoms with van der Waals surface area (Å²) in [7, 11) is 0. The number of halogens is 1. The van der Waals surface area contributed by atoms with Crippen molar-refractivity contribution < 1.29 is 9.13 Å². The fourth-order valence-electron chi connectivity index (χ4n) is 1.04. The Morgan fingerprint density at radius 1 is 1.36 bits per heavy atom. The van der Waals surface area contributed by atoms with Crippen LogP contribution in [0.1, 0.15) is 40.5 Å². The fraction of sp³-hybridized carbons (Fsp3) is 1.00. The van der Waals surface area contributed by atoms with Gasteiger partial charge in [-0.15, -0.1) is 0 Å². The van der Waals surface area contributed by atoms with Crippen LogP contribution in [0, 0.1) is 0 Å². The molecule has 14 heavy (non-hydrogen) atoms. The molecule has 86 valence electrons. The highest BCUT2D eigenvalue weighted by Gasteiger charge is 2.11. The van der Waals surface area contributed by atoms with Gasteiger partial charge in [-0.3, -0.25) is 0 Å². The zero-order chi connectivity index (χ0) is 11.0. The van der Waals surface area contributed by atoms with Gasteiger partial charge in [-0.2, -0.15) is 0 Å². The van der Waals surface area contributed by atoms with E-state index in [-0.39, 0.29) is 12.1 Å². The Morgan fingerprint density at radius 3 is 2.50 bits per heavy atom. The van der Waals surface area contributed by atoms with E-state index in [1.807, 2.05) is 6.92 Å². The second-order valence-corrected chi connectivity index (χ2v) is 4.64. The lowest BCUT2D eigenvalue weighted by Crippen LogP contribution is -2.37. The molecule has 0 radical (unpaired) electrons. The van der Waals surface area contributed by atoms with E-state index >= 15 is 0 Å². The van der Waals surface area contributed by atoms with Crippen LogP contribution < -0.4 is 5.32 Å². The first-order valence-electron chi connectivity index (χ1n) is 5.42. The quantitative estimate of drug-likeness (QED) is 0.645. The minimum absolute atomic E-state index is 0.0734. The molecule has 0 bridgehead atoms. The first kappa shape index (κ1) is 13.8. The summed E-state index contributed by atoms with van der Waals surface area (Å²) in [5.41, 5.74) is 0.0734. The second kappa shape index (κ2) is 7.18. The van der Waals surface area contributed by atoms with Crippen molar-refractivity contribution in [2.75, 3.05) is 19.8 Å². The van der Waals surface area contributed by atoms with Crippen LogP contribution in [0.4, 0.5) is 4.39 Å². The van der Waals surface area contributed by atoms with Gasteiger partial charge in [0.1, 0.15) is 6.17 Å². The number of alkyl halides is 1. The van der Waals surface area contributed by atoms with E-state index < -0.39 is 6.17 Å². The van der Waals surface area contributed by atoms with Gasteiger partial charge >= 0.3 is 0 Å². The van der Waals surface area contributed by atoms with Crippen LogP contribution in [0.2, 0.25) is 0 Å². The Hall–Kier alpha value is -0.150. The monoisotopic (exact) mass is 205 g/mol. The van der Waals surface area contributed by atoms with Crippen molar-refractivity contribution in [3.05, 3.63) is 0 Å². The maximum absolute atomic E-state index is 13.1. The van der Waals surface area contributed by atoms with Gasteiger partial charge in [0.25, 0.3) is 0 Å². The molecule has 0 fully saturated rings. The lowest BCUT2D eigenvalue weighted by atomic mass is 10.1. The van der Waals surface area contributed by atoms with Crippen molar-refractivity contribution in [2.45, 2.75) is 52.2 Å². The van der Waals surface area contributed by atoms with Crippen molar-refractivity contribution in [3.8, 4) is 0 Å². The molecular weight excluding hydrogens is 181 g/mol. The minimum atomic E-state index is -0.837. The van der Waals surface area contributed by atoms with Gasteiger partial charge in [-0.1, -0.05) is 6.92 Å². The van der Waals surface area contributed by atoms with E-state index in [0.717, 1.165) is 6.42 Å². The van der Waals surface area contributed by atoms with E-state index in [0.29, 0.717) is 19.6 Å². The van der Waals surface area contributed by atoms with Gasteiger partial charge in [0.05, 0.1) is 6.61 Å². The van der Waals surface area contributed by atoms with Gasteiger partial charge < -0.3 is 10.1 Å². The number of rotatable bonds is 7. The highest BCUT2D eigenvalue weighted by atomic mass is 19.1. The molecular formula is C11H24FNO. The van der Waals surface area contributed by atoms with Crippen LogP contribution in [0.3, 0.4) is 0 Å². The molecule has 2 nitrogen and oxygen atoms in total. The number of ether oxygens (including phenoxy) is 1. The van der Waals surface area contributed by atoms with Crippen molar-refractivity contribution in [3.63, 3.8) is 0 Å². The molecule has 0 aromatic heterocycles. The van der Waals surface area contributed by atoms with Crippen molar-refractivity contribution in [1.82, 2.24) is 5.32 Å². The minimum Gasteiger partial charge on any atom is -0.378 e. The number of nitrogens with one attached hydrogen (secondary N) is 1. The standard InChI is InChI=1S/C11H24FNO/c1-5-8-14-9-10(12)6-7-13-11(2,3)4/h10,13H,5-9H2,1-4H3. The summed E-state index contributed by atoms with van der Waals surface area (Å²) in [6.45, 7) is 9.86. The number of hydrogen-bond acceptors (Lipinski definition) is 2. The normalized spacial score (nSPS) is 14.4. The van der Waals surface area contributed by atoms with Crippen LogP contribution in [-0.2, 0) is 4.74 Å². The van der Waals surface area contributed by atoms with Crippen LogP contribution in [0.25, 0.3) is 0 Å². The Bertz CT molecular complexity index is 134. The molecule has 0 aliphatic heterocycles. The molecule has 1 atom stereocenters. The molecule has 3 heteroatoms. The molecule has 0 saturated heterocycles. The van der Waals surface area contributed by atoms with Crippen LogP contribution in [0.15, 0.2) is 0 Å². The van der Waals surface area contributed by atoms with E-state index in [1.54, 1.807) is 0 Å². The fourth-order valence-corrected chi connectivity index (χ4v) is 1.04. The van der Waals surface area contributed by atoms with Crippen molar-refractivity contribution >= 4 is 0 Å². The number of hydrogen-bond donors (Lipinski definition) is 1. The smallest absolute Gasteiger partial charge is 0.125 e. The molecule has 1 unspecified atom stereocenters. The Labute approximate surface area is 87.2 Å². The van der Waals surface area contributed by atoms with E-state index in [2.05, 4.69) is 26.1 Å². The molecule has 0 amide bonds. The topological polar surface area (TPSA) is 21.3 Å². The molecule has 0 spiro atoms. The highest BCUT2D eigenvalue weighted by Crippen LogP contribution is 2.02. The summed E-state index contributed by atoms with van der Waals surface area (Å²) in [4.78, 5) is 0. The zero-order valence-electron chi connectivity index (χ0n) is 9.90. The third-order valence-corrected chi connectivity index (χ3v) is 1.76. The molecule has 0 rings (SSSR count). The van der Waals surface area contributed by atoms with E-state index in [1.165, 1.54) is 0 Å². The molecule has 1 N–H and O–H groups in total. The summed E-state index contributed by atoms with van der Waals surface area (Å²) >= 11 is 0. The summed E-state index contributed by atoms with van der Waals surface area (Å²) in [6.07, 6.45) is 0.643. The van der Waals surface area contributed by atoms with E-state index in [4.69, 9.17) is 4.74 Å².